The summed E-state index contributed by atoms with van der Waals surface area (Å²) in [6, 6.07) is 6.25. The predicted molar refractivity (Wildman–Crippen MR) is 118 cm³/mol. The van der Waals surface area contributed by atoms with Crippen LogP contribution in [0.25, 0.3) is 22.2 Å². The fraction of sp³-hybridized carbons (Fsp3) is 0.455. The van der Waals surface area contributed by atoms with Crippen molar-refractivity contribution in [3.63, 3.8) is 0 Å². The van der Waals surface area contributed by atoms with Crippen LogP contribution in [0.5, 0.6) is 6.01 Å². The van der Waals surface area contributed by atoms with Crippen LogP contribution in [0.2, 0.25) is 0 Å². The Morgan fingerprint density at radius 3 is 2.53 bits per heavy atom. The molecule has 0 aliphatic heterocycles. The second-order valence-corrected chi connectivity index (χ2v) is 10.5. The molecular weight excluding hydrogens is 402 g/mol. The highest BCUT2D eigenvalue weighted by molar-refractivity contribution is 7.90. The van der Waals surface area contributed by atoms with Gasteiger partial charge < -0.3 is 9.30 Å². The summed E-state index contributed by atoms with van der Waals surface area (Å²) in [6.07, 6.45) is 4.15. The number of fused-ring (bicyclic) bond motifs is 1. The van der Waals surface area contributed by atoms with Crippen LogP contribution in [-0.2, 0) is 29.2 Å². The van der Waals surface area contributed by atoms with Crippen LogP contribution >= 0.6 is 0 Å². The van der Waals surface area contributed by atoms with Gasteiger partial charge in [-0.1, -0.05) is 6.92 Å². The minimum atomic E-state index is -3.25. The number of nitrogens with zero attached hydrogens (tertiary/aromatic N) is 3. The number of methoxy groups -OCH3 is 1. The lowest BCUT2D eigenvalue weighted by Gasteiger charge is -2.12. The fourth-order valence-corrected chi connectivity index (χ4v) is 4.71. The number of benzene rings is 1. The minimum absolute atomic E-state index is 0.0472. The number of aromatic nitrogens is 3. The molecule has 1 fully saturated rings. The number of rotatable bonds is 7. The van der Waals surface area contributed by atoms with Crippen molar-refractivity contribution in [2.24, 2.45) is 13.0 Å². The van der Waals surface area contributed by atoms with E-state index < -0.39 is 9.84 Å². The van der Waals surface area contributed by atoms with E-state index >= 15 is 0 Å². The normalized spacial score (nSPS) is 14.4. The van der Waals surface area contributed by atoms with E-state index in [0.717, 1.165) is 23.2 Å². The van der Waals surface area contributed by atoms with Crippen molar-refractivity contribution >= 4 is 20.9 Å². The maximum atomic E-state index is 12.5. The first-order valence-corrected chi connectivity index (χ1v) is 12.0. The Morgan fingerprint density at radius 1 is 1.20 bits per heavy atom. The molecule has 0 unspecified atom stereocenters. The van der Waals surface area contributed by atoms with Crippen LogP contribution in [0.4, 0.5) is 0 Å². The Labute approximate surface area is 176 Å². The van der Waals surface area contributed by atoms with Crippen LogP contribution in [0.3, 0.4) is 0 Å². The summed E-state index contributed by atoms with van der Waals surface area (Å²) >= 11 is 0. The van der Waals surface area contributed by atoms with E-state index in [0.29, 0.717) is 28.6 Å². The first-order valence-electron chi connectivity index (χ1n) is 10.2. The monoisotopic (exact) mass is 429 g/mol. The summed E-state index contributed by atoms with van der Waals surface area (Å²) in [6.45, 7) is 4.24. The third-order valence-electron chi connectivity index (χ3n) is 5.73. The van der Waals surface area contributed by atoms with Gasteiger partial charge in [-0.25, -0.2) is 8.42 Å². The van der Waals surface area contributed by atoms with Crippen molar-refractivity contribution in [1.82, 2.24) is 14.1 Å². The Kier molecular flexibility index (Phi) is 5.22. The lowest BCUT2D eigenvalue weighted by Crippen LogP contribution is -2.18. The second kappa shape index (κ2) is 7.58. The lowest BCUT2D eigenvalue weighted by atomic mass is 10.0. The molecule has 1 saturated carbocycles. The van der Waals surface area contributed by atoms with Gasteiger partial charge >= 0.3 is 0 Å². The van der Waals surface area contributed by atoms with E-state index in [1.54, 1.807) is 38.8 Å². The number of aryl methyl sites for hydroxylation is 2. The topological polar surface area (TPSA) is 83.2 Å². The van der Waals surface area contributed by atoms with Gasteiger partial charge in [0.25, 0.3) is 11.6 Å². The maximum Gasteiger partial charge on any atom is 0.297 e. The number of hydrogen-bond acceptors (Lipinski definition) is 5. The Hall–Kier alpha value is -2.61. The Bertz CT molecular complexity index is 1260. The molecule has 3 aromatic rings. The second-order valence-electron chi connectivity index (χ2n) is 8.16. The summed E-state index contributed by atoms with van der Waals surface area (Å²) in [5.41, 5.74) is 4.51. The fourth-order valence-electron chi connectivity index (χ4n) is 3.81. The summed E-state index contributed by atoms with van der Waals surface area (Å²) in [7, 11) is 0.0577. The highest BCUT2D eigenvalue weighted by atomic mass is 32.2. The number of imidazole rings is 1. The summed E-state index contributed by atoms with van der Waals surface area (Å²) in [5, 5.41) is 0. The highest BCUT2D eigenvalue weighted by Crippen LogP contribution is 2.36. The van der Waals surface area contributed by atoms with Gasteiger partial charge in [0.05, 0.1) is 23.9 Å². The first kappa shape index (κ1) is 20.7. The molecule has 8 heteroatoms. The summed E-state index contributed by atoms with van der Waals surface area (Å²) in [5.74, 6) is 0.585. The lowest BCUT2D eigenvalue weighted by molar-refractivity contribution is 0.356. The average molecular weight is 430 g/mol. The minimum Gasteiger partial charge on any atom is -0.468 e. The van der Waals surface area contributed by atoms with Crippen LogP contribution < -0.4 is 10.3 Å². The van der Waals surface area contributed by atoms with E-state index in [1.807, 2.05) is 22.8 Å². The van der Waals surface area contributed by atoms with Crippen molar-refractivity contribution < 1.29 is 13.2 Å². The largest absolute Gasteiger partial charge is 0.468 e. The van der Waals surface area contributed by atoms with Crippen LogP contribution in [0.15, 0.2) is 29.2 Å². The molecule has 0 radical (unpaired) electrons. The third-order valence-corrected chi connectivity index (χ3v) is 7.36. The average Bonchev–Trinajstić information content (AvgIpc) is 3.46. The van der Waals surface area contributed by atoms with Gasteiger partial charge in [0, 0.05) is 31.1 Å². The van der Waals surface area contributed by atoms with E-state index in [-0.39, 0.29) is 17.1 Å². The molecule has 2 aromatic heterocycles. The van der Waals surface area contributed by atoms with E-state index in [4.69, 9.17) is 4.74 Å². The molecule has 4 rings (SSSR count). The third kappa shape index (κ3) is 3.88. The van der Waals surface area contributed by atoms with Crippen molar-refractivity contribution in [2.75, 3.05) is 12.9 Å². The van der Waals surface area contributed by atoms with Gasteiger partial charge in [-0.05, 0) is 60.6 Å². The van der Waals surface area contributed by atoms with E-state index in [2.05, 4.69) is 4.98 Å². The zero-order valence-corrected chi connectivity index (χ0v) is 18.6. The molecule has 7 nitrogen and oxygen atoms in total. The van der Waals surface area contributed by atoms with Gasteiger partial charge in [0.2, 0.25) is 0 Å². The maximum absolute atomic E-state index is 12.5. The predicted octanol–water partition coefficient (Wildman–Crippen LogP) is 3.06. The van der Waals surface area contributed by atoms with Gasteiger partial charge in [-0.3, -0.25) is 9.36 Å². The summed E-state index contributed by atoms with van der Waals surface area (Å²) < 4.78 is 34.0. The Morgan fingerprint density at radius 2 is 1.93 bits per heavy atom. The molecule has 160 valence electrons. The molecule has 0 atom stereocenters. The number of pyridine rings is 1. The molecule has 30 heavy (non-hydrogen) atoms. The molecule has 0 spiro atoms. The van der Waals surface area contributed by atoms with Gasteiger partial charge in [0.15, 0.2) is 9.84 Å². The highest BCUT2D eigenvalue weighted by Gasteiger charge is 2.26. The zero-order valence-electron chi connectivity index (χ0n) is 17.8. The molecule has 0 bridgehead atoms. The summed E-state index contributed by atoms with van der Waals surface area (Å²) in [4.78, 5) is 16.8. The quantitative estimate of drug-likeness (QED) is 0.576. The van der Waals surface area contributed by atoms with E-state index in [1.165, 1.54) is 12.8 Å². The molecular formula is C22H27N3O4S. The molecule has 2 heterocycles. The number of hydrogen-bond donors (Lipinski definition) is 0. The number of ether oxygens (including phenoxy) is 1. The van der Waals surface area contributed by atoms with Crippen LogP contribution in [-0.4, -0.2) is 35.4 Å². The number of sulfone groups is 1. The molecule has 1 aliphatic rings. The molecule has 1 aliphatic carbocycles. The molecule has 0 amide bonds. The molecule has 1 aromatic carbocycles. The van der Waals surface area contributed by atoms with Gasteiger partial charge in [0.1, 0.15) is 0 Å². The van der Waals surface area contributed by atoms with E-state index in [9.17, 15) is 13.2 Å². The van der Waals surface area contributed by atoms with Crippen molar-refractivity contribution in [3.8, 4) is 17.1 Å². The molecule has 0 saturated heterocycles. The van der Waals surface area contributed by atoms with Crippen molar-refractivity contribution in [1.29, 1.82) is 0 Å². The smallest absolute Gasteiger partial charge is 0.297 e. The standard InChI is InChI=1S/C22H27N3O4S/c1-5-30(27,28)13-18-9-16(17-8-14(2)21(26)24(3)12-17)10-19-20(18)23-22(29-4)25(19)11-15-6-7-15/h8-10,12,15H,5-7,11,13H2,1-4H3. The Balaban J connectivity index is 1.97. The SMILES string of the molecule is CCS(=O)(=O)Cc1cc(-c2cc(C)c(=O)n(C)c2)cc2c1nc(OC)n2CC1CC1. The van der Waals surface area contributed by atoms with Gasteiger partial charge in [-0.15, -0.1) is 0 Å². The van der Waals surface area contributed by atoms with Gasteiger partial charge in [-0.2, -0.15) is 4.98 Å². The van der Waals surface area contributed by atoms with Crippen LogP contribution in [0.1, 0.15) is 30.9 Å². The zero-order chi connectivity index (χ0) is 21.6. The van der Waals surface area contributed by atoms with Crippen molar-refractivity contribution in [2.45, 2.75) is 39.0 Å². The van der Waals surface area contributed by atoms with Crippen molar-refractivity contribution in [3.05, 3.63) is 45.9 Å². The van der Waals surface area contributed by atoms with Crippen LogP contribution in [0, 0.1) is 12.8 Å². The molecule has 0 N–H and O–H groups in total. The first-order chi connectivity index (χ1) is 14.2.